The molecular weight excluding hydrogens is 296 g/mol. The highest BCUT2D eigenvalue weighted by atomic mass is 35.5. The van der Waals surface area contributed by atoms with Crippen molar-refractivity contribution < 1.29 is 8.42 Å². The van der Waals surface area contributed by atoms with Crippen LogP contribution in [0.3, 0.4) is 0 Å². The van der Waals surface area contributed by atoms with E-state index >= 15 is 0 Å². The van der Waals surface area contributed by atoms with Gasteiger partial charge in [-0.25, -0.2) is 13.1 Å². The second kappa shape index (κ2) is 5.92. The Bertz CT molecular complexity index is 593. The van der Waals surface area contributed by atoms with Gasteiger partial charge >= 0.3 is 0 Å². The number of hydrogen-bond donors (Lipinski definition) is 2. The molecule has 6 heteroatoms. The maximum Gasteiger partial charge on any atom is 0.242 e. The number of nitrogens with two attached hydrogens (primary N) is 1. The number of rotatable bonds is 3. The molecule has 0 atom stereocenters. The summed E-state index contributed by atoms with van der Waals surface area (Å²) in [5, 5.41) is 0.216. The molecule has 0 saturated heterocycles. The van der Waals surface area contributed by atoms with Crippen molar-refractivity contribution in [2.45, 2.75) is 50.5 Å². The van der Waals surface area contributed by atoms with Gasteiger partial charge in [0.05, 0.1) is 5.02 Å². The molecule has 20 heavy (non-hydrogen) atoms. The quantitative estimate of drug-likeness (QED) is 0.842. The fourth-order valence-electron chi connectivity index (χ4n) is 2.54. The molecule has 0 bridgehead atoms. The zero-order valence-corrected chi connectivity index (χ0v) is 13.4. The van der Waals surface area contributed by atoms with E-state index in [2.05, 4.69) is 11.6 Å². The third-order valence-corrected chi connectivity index (χ3v) is 5.93. The van der Waals surface area contributed by atoms with Gasteiger partial charge < -0.3 is 5.73 Å². The van der Waals surface area contributed by atoms with Gasteiger partial charge in [0.15, 0.2) is 0 Å². The normalized spacial score (nSPS) is 23.8. The topological polar surface area (TPSA) is 72.2 Å². The molecule has 0 unspecified atom stereocenters. The summed E-state index contributed by atoms with van der Waals surface area (Å²) in [6, 6.07) is 3.02. The van der Waals surface area contributed by atoms with Gasteiger partial charge in [0.25, 0.3) is 0 Å². The van der Waals surface area contributed by atoms with Crippen molar-refractivity contribution in [3.8, 4) is 0 Å². The Labute approximate surface area is 125 Å². The van der Waals surface area contributed by atoms with Gasteiger partial charge in [-0.2, -0.15) is 0 Å². The van der Waals surface area contributed by atoms with E-state index in [1.54, 1.807) is 13.0 Å². The minimum atomic E-state index is -3.61. The third kappa shape index (κ3) is 3.45. The SMILES string of the molecule is Cc1cc(Cl)c(S(=O)(=O)NC2CCC(C)CC2)cc1N. The molecule has 0 radical (unpaired) electrons. The molecule has 0 amide bonds. The first-order valence-electron chi connectivity index (χ1n) is 6.87. The van der Waals surface area contributed by atoms with Crippen LogP contribution in [0.1, 0.15) is 38.2 Å². The van der Waals surface area contributed by atoms with Crippen molar-refractivity contribution >= 4 is 27.3 Å². The predicted octanol–water partition coefficient (Wildman–Crippen LogP) is 3.09. The summed E-state index contributed by atoms with van der Waals surface area (Å²) >= 11 is 6.05. The minimum Gasteiger partial charge on any atom is -0.398 e. The molecule has 1 fully saturated rings. The zero-order chi connectivity index (χ0) is 14.9. The third-order valence-electron chi connectivity index (χ3n) is 3.95. The summed E-state index contributed by atoms with van der Waals surface area (Å²) in [5.74, 6) is 0.675. The fourth-order valence-corrected chi connectivity index (χ4v) is 4.46. The Kier molecular flexibility index (Phi) is 4.62. The van der Waals surface area contributed by atoms with Crippen molar-refractivity contribution in [1.82, 2.24) is 4.72 Å². The molecule has 1 aliphatic carbocycles. The van der Waals surface area contributed by atoms with E-state index in [0.29, 0.717) is 11.6 Å². The van der Waals surface area contributed by atoms with Crippen LogP contribution in [0.2, 0.25) is 5.02 Å². The number of hydrogen-bond acceptors (Lipinski definition) is 3. The molecule has 0 aromatic heterocycles. The van der Waals surface area contributed by atoms with Crippen LogP contribution in [0.4, 0.5) is 5.69 Å². The van der Waals surface area contributed by atoms with E-state index in [1.807, 2.05) is 0 Å². The summed E-state index contributed by atoms with van der Waals surface area (Å²) < 4.78 is 27.6. The summed E-state index contributed by atoms with van der Waals surface area (Å²) in [6.45, 7) is 4.00. The van der Waals surface area contributed by atoms with Crippen LogP contribution in [0, 0.1) is 12.8 Å². The van der Waals surface area contributed by atoms with Crippen molar-refractivity contribution in [3.05, 3.63) is 22.7 Å². The summed E-state index contributed by atoms with van der Waals surface area (Å²) in [7, 11) is -3.61. The lowest BCUT2D eigenvalue weighted by Crippen LogP contribution is -2.37. The number of halogens is 1. The van der Waals surface area contributed by atoms with Crippen LogP contribution >= 0.6 is 11.6 Å². The largest absolute Gasteiger partial charge is 0.398 e. The molecule has 2 rings (SSSR count). The van der Waals surface area contributed by atoms with Crippen LogP contribution in [0.5, 0.6) is 0 Å². The minimum absolute atomic E-state index is 0.00482. The molecule has 0 heterocycles. The predicted molar refractivity (Wildman–Crippen MR) is 82.3 cm³/mol. The first-order chi connectivity index (χ1) is 9.29. The highest BCUT2D eigenvalue weighted by molar-refractivity contribution is 7.89. The van der Waals surface area contributed by atoms with Crippen LogP contribution in [0.15, 0.2) is 17.0 Å². The molecule has 3 N–H and O–H groups in total. The van der Waals surface area contributed by atoms with Crippen LogP contribution in [0.25, 0.3) is 0 Å². The number of aryl methyl sites for hydroxylation is 1. The van der Waals surface area contributed by atoms with Crippen molar-refractivity contribution in [1.29, 1.82) is 0 Å². The van der Waals surface area contributed by atoms with Crippen LogP contribution in [-0.2, 0) is 10.0 Å². The molecule has 0 spiro atoms. The lowest BCUT2D eigenvalue weighted by Gasteiger charge is -2.26. The Hall–Kier alpha value is -0.780. The number of benzene rings is 1. The maximum absolute atomic E-state index is 12.4. The van der Waals surface area contributed by atoms with E-state index in [9.17, 15) is 8.42 Å². The zero-order valence-electron chi connectivity index (χ0n) is 11.8. The average molecular weight is 317 g/mol. The second-order valence-corrected chi connectivity index (χ2v) is 7.81. The van der Waals surface area contributed by atoms with E-state index < -0.39 is 10.0 Å². The highest BCUT2D eigenvalue weighted by Crippen LogP contribution is 2.29. The van der Waals surface area contributed by atoms with E-state index in [0.717, 1.165) is 31.2 Å². The summed E-state index contributed by atoms with van der Waals surface area (Å²) in [6.07, 6.45) is 3.85. The molecule has 1 aromatic carbocycles. The first kappa shape index (κ1) is 15.6. The molecule has 112 valence electrons. The van der Waals surface area contributed by atoms with Crippen molar-refractivity contribution in [2.75, 3.05) is 5.73 Å². The molecule has 1 aliphatic rings. The monoisotopic (exact) mass is 316 g/mol. The lowest BCUT2D eigenvalue weighted by atomic mass is 9.88. The maximum atomic E-state index is 12.4. The molecule has 1 aromatic rings. The van der Waals surface area contributed by atoms with E-state index in [1.165, 1.54) is 6.07 Å². The van der Waals surface area contributed by atoms with Gasteiger partial charge in [0.2, 0.25) is 10.0 Å². The average Bonchev–Trinajstić information content (AvgIpc) is 2.36. The number of anilines is 1. The Morgan fingerprint density at radius 3 is 2.45 bits per heavy atom. The van der Waals surface area contributed by atoms with Gasteiger partial charge in [-0.15, -0.1) is 0 Å². The lowest BCUT2D eigenvalue weighted by molar-refractivity contribution is 0.332. The Balaban J connectivity index is 2.20. The highest BCUT2D eigenvalue weighted by Gasteiger charge is 2.26. The fraction of sp³-hybridized carbons (Fsp3) is 0.571. The Morgan fingerprint density at radius 2 is 1.85 bits per heavy atom. The summed E-state index contributed by atoms with van der Waals surface area (Å²) in [4.78, 5) is 0.0703. The van der Waals surface area contributed by atoms with Gasteiger partial charge in [0.1, 0.15) is 4.90 Å². The smallest absolute Gasteiger partial charge is 0.242 e. The van der Waals surface area contributed by atoms with Gasteiger partial charge in [0, 0.05) is 11.7 Å². The van der Waals surface area contributed by atoms with Gasteiger partial charge in [-0.3, -0.25) is 0 Å². The molecular formula is C14H21ClN2O2S. The van der Waals surface area contributed by atoms with E-state index in [4.69, 9.17) is 17.3 Å². The standard InChI is InChI=1S/C14H21ClN2O2S/c1-9-3-5-11(6-4-9)17-20(18,19)14-8-13(16)10(2)7-12(14)15/h7-9,11,17H,3-6,16H2,1-2H3. The van der Waals surface area contributed by atoms with Crippen LogP contribution < -0.4 is 10.5 Å². The number of nitrogen functional groups attached to an aromatic ring is 1. The van der Waals surface area contributed by atoms with E-state index in [-0.39, 0.29) is 16.0 Å². The van der Waals surface area contributed by atoms with Gasteiger partial charge in [-0.1, -0.05) is 18.5 Å². The number of sulfonamides is 1. The molecule has 4 nitrogen and oxygen atoms in total. The Morgan fingerprint density at radius 1 is 1.25 bits per heavy atom. The van der Waals surface area contributed by atoms with Crippen molar-refractivity contribution in [2.24, 2.45) is 5.92 Å². The van der Waals surface area contributed by atoms with Crippen LogP contribution in [-0.4, -0.2) is 14.5 Å². The first-order valence-corrected chi connectivity index (χ1v) is 8.73. The van der Waals surface area contributed by atoms with Gasteiger partial charge in [-0.05, 0) is 56.2 Å². The molecule has 0 aliphatic heterocycles. The summed E-state index contributed by atoms with van der Waals surface area (Å²) in [5.41, 5.74) is 7.00. The number of nitrogens with one attached hydrogen (secondary N) is 1. The second-order valence-electron chi connectivity index (χ2n) is 5.72. The van der Waals surface area contributed by atoms with Crippen molar-refractivity contribution in [3.63, 3.8) is 0 Å². The molecule has 1 saturated carbocycles.